The van der Waals surface area contributed by atoms with Gasteiger partial charge < -0.3 is 14.7 Å². The molecular formula is C41H44ClFN10O4. The van der Waals surface area contributed by atoms with Crippen molar-refractivity contribution in [1.82, 2.24) is 30.0 Å². The SMILES string of the molecule is [C-]#[N+]c1ccc(N2CC3(CCN(c4ncc(CN5CC(N6CCN(c7cc8c(cc7F)C(=O)N(C7CCC(=O)NC7=O)C8=O)CC6)C5)cn4)CC3)C[C@@H]2C)cc1Cl. The van der Waals surface area contributed by atoms with Gasteiger partial charge in [-0.2, -0.15) is 0 Å². The Morgan fingerprint density at radius 1 is 0.947 bits per heavy atom. The zero-order valence-corrected chi connectivity index (χ0v) is 32.5. The molecule has 296 valence electrons. The molecule has 1 spiro atoms. The van der Waals surface area contributed by atoms with Crippen LogP contribution in [0.3, 0.4) is 0 Å². The Hall–Kier alpha value is -5.17. The summed E-state index contributed by atoms with van der Waals surface area (Å²) in [6.07, 6.45) is 7.24. The maximum Gasteiger partial charge on any atom is 0.262 e. The summed E-state index contributed by atoms with van der Waals surface area (Å²) in [5, 5.41) is 2.69. The lowest BCUT2D eigenvalue weighted by Crippen LogP contribution is -2.62. The second kappa shape index (κ2) is 14.6. The lowest BCUT2D eigenvalue weighted by atomic mass is 9.77. The van der Waals surface area contributed by atoms with Gasteiger partial charge in [-0.3, -0.25) is 39.2 Å². The molecule has 0 aliphatic carbocycles. The fraction of sp³-hybridized carbons (Fsp3) is 0.488. The van der Waals surface area contributed by atoms with Crippen molar-refractivity contribution in [2.24, 2.45) is 5.41 Å². The van der Waals surface area contributed by atoms with E-state index in [4.69, 9.17) is 28.1 Å². The summed E-state index contributed by atoms with van der Waals surface area (Å²) >= 11 is 6.37. The van der Waals surface area contributed by atoms with Crippen LogP contribution in [0, 0.1) is 17.8 Å². The van der Waals surface area contributed by atoms with Crippen LogP contribution >= 0.6 is 11.6 Å². The Kier molecular flexibility index (Phi) is 9.61. The van der Waals surface area contributed by atoms with Gasteiger partial charge in [-0.25, -0.2) is 19.2 Å². The van der Waals surface area contributed by atoms with Crippen LogP contribution in [0.25, 0.3) is 4.85 Å². The number of carbonyl (C=O) groups excluding carboxylic acids is 4. The first-order valence-electron chi connectivity index (χ1n) is 19.8. The highest BCUT2D eigenvalue weighted by Crippen LogP contribution is 2.46. The third-order valence-electron chi connectivity index (χ3n) is 13.0. The van der Waals surface area contributed by atoms with Gasteiger partial charge in [0, 0.05) is 113 Å². The molecule has 1 N–H and O–H groups in total. The van der Waals surface area contributed by atoms with Crippen molar-refractivity contribution in [3.05, 3.63) is 81.7 Å². The predicted octanol–water partition coefficient (Wildman–Crippen LogP) is 4.11. The zero-order valence-electron chi connectivity index (χ0n) is 31.8. The quantitative estimate of drug-likeness (QED) is 0.274. The number of halogens is 2. The van der Waals surface area contributed by atoms with E-state index in [1.54, 1.807) is 0 Å². The molecule has 4 amide bonds. The highest BCUT2D eigenvalue weighted by Gasteiger charge is 2.46. The van der Waals surface area contributed by atoms with Crippen LogP contribution < -0.4 is 20.0 Å². The summed E-state index contributed by atoms with van der Waals surface area (Å²) in [5.74, 6) is -2.29. The number of aromatic nitrogens is 2. The zero-order chi connectivity index (χ0) is 39.6. The molecule has 9 rings (SSSR count). The van der Waals surface area contributed by atoms with Crippen LogP contribution in [0.1, 0.15) is 65.3 Å². The lowest BCUT2D eigenvalue weighted by molar-refractivity contribution is -0.136. The van der Waals surface area contributed by atoms with Crippen LogP contribution in [0.4, 0.5) is 27.4 Å². The molecule has 6 aliphatic rings. The topological polar surface area (TPSA) is 130 Å². The number of hydrogen-bond acceptors (Lipinski definition) is 11. The van der Waals surface area contributed by atoms with Crippen LogP contribution in [-0.2, 0) is 16.1 Å². The molecule has 14 nitrogen and oxygen atoms in total. The average Bonchev–Trinajstić information content (AvgIpc) is 3.63. The van der Waals surface area contributed by atoms with Crippen LogP contribution in [0.2, 0.25) is 5.02 Å². The van der Waals surface area contributed by atoms with Crippen LogP contribution in [0.15, 0.2) is 42.7 Å². The average molecular weight is 795 g/mol. The first-order valence-corrected chi connectivity index (χ1v) is 20.1. The maximum atomic E-state index is 15.4. The number of anilines is 3. The maximum absolute atomic E-state index is 15.4. The molecule has 5 fully saturated rings. The molecular weight excluding hydrogens is 751 g/mol. The van der Waals surface area contributed by atoms with Crippen molar-refractivity contribution in [3.63, 3.8) is 0 Å². The third kappa shape index (κ3) is 6.87. The van der Waals surface area contributed by atoms with E-state index in [0.29, 0.717) is 35.9 Å². The van der Waals surface area contributed by atoms with E-state index in [1.165, 1.54) is 6.07 Å². The second-order valence-electron chi connectivity index (χ2n) is 16.5. The molecule has 0 bridgehead atoms. The van der Waals surface area contributed by atoms with Gasteiger partial charge in [0.15, 0.2) is 0 Å². The number of piperidine rings is 2. The lowest BCUT2D eigenvalue weighted by Gasteiger charge is -2.48. The Balaban J connectivity index is 0.734. The first-order chi connectivity index (χ1) is 27.5. The largest absolute Gasteiger partial charge is 0.368 e. The van der Waals surface area contributed by atoms with E-state index in [2.05, 4.69) is 36.7 Å². The van der Waals surface area contributed by atoms with Crippen LogP contribution in [-0.4, -0.2) is 125 Å². The van der Waals surface area contributed by atoms with Gasteiger partial charge in [-0.05, 0) is 62.3 Å². The van der Waals surface area contributed by atoms with Crippen LogP contribution in [0.5, 0.6) is 0 Å². The molecule has 7 heterocycles. The van der Waals surface area contributed by atoms with Gasteiger partial charge in [-0.15, -0.1) is 0 Å². The highest BCUT2D eigenvalue weighted by molar-refractivity contribution is 6.33. The summed E-state index contributed by atoms with van der Waals surface area (Å²) in [4.78, 5) is 75.8. The Bertz CT molecular complexity index is 2180. The third-order valence-corrected chi connectivity index (χ3v) is 13.3. The molecule has 57 heavy (non-hydrogen) atoms. The first kappa shape index (κ1) is 37.4. The minimum Gasteiger partial charge on any atom is -0.368 e. The molecule has 0 radical (unpaired) electrons. The van der Waals surface area contributed by atoms with E-state index >= 15 is 4.39 Å². The number of nitrogens with one attached hydrogen (secondary N) is 1. The Morgan fingerprint density at radius 3 is 2.32 bits per heavy atom. The fourth-order valence-corrected chi connectivity index (χ4v) is 9.99. The minimum absolute atomic E-state index is 0.0234. The predicted molar refractivity (Wildman–Crippen MR) is 211 cm³/mol. The normalized spacial score (nSPS) is 24.2. The van der Waals surface area contributed by atoms with Crippen molar-refractivity contribution in [1.29, 1.82) is 0 Å². The van der Waals surface area contributed by atoms with Crippen molar-refractivity contribution in [2.75, 3.05) is 73.6 Å². The number of amides is 4. The molecule has 2 atom stereocenters. The van der Waals surface area contributed by atoms with Crippen molar-refractivity contribution in [2.45, 2.75) is 63.7 Å². The molecule has 3 aromatic rings. The molecule has 16 heteroatoms. The summed E-state index contributed by atoms with van der Waals surface area (Å²) in [6.45, 7) is 17.6. The van der Waals surface area contributed by atoms with Gasteiger partial charge in [0.1, 0.15) is 11.9 Å². The fourth-order valence-electron chi connectivity index (χ4n) is 9.78. The van der Waals surface area contributed by atoms with Gasteiger partial charge in [-0.1, -0.05) is 17.7 Å². The standard InChI is InChI=1S/C41H44ClFN10O4/c1-25-18-41(24-52(25)27-3-4-33(44-2)31(42)15-27)7-9-51(10-8-41)40-45-19-26(20-46-40)21-48-22-28(23-48)49-11-13-50(14-12-49)35-17-30-29(16-32(35)43)38(56)53(39(30)57)34-5-6-36(54)47-37(34)55/h3-4,15-17,19-20,25,28,34H,5-14,18,21-24H2,1H3,(H,47,54,55)/t25-,34?/m0/s1. The summed E-state index contributed by atoms with van der Waals surface area (Å²) < 4.78 is 15.4. The molecule has 6 aliphatic heterocycles. The number of benzene rings is 2. The van der Waals surface area contributed by atoms with E-state index < -0.39 is 35.5 Å². The smallest absolute Gasteiger partial charge is 0.262 e. The number of likely N-dealkylation sites (tertiary alicyclic amines) is 1. The molecule has 1 unspecified atom stereocenters. The number of fused-ring (bicyclic) bond motifs is 1. The van der Waals surface area contributed by atoms with E-state index in [-0.39, 0.29) is 35.1 Å². The van der Waals surface area contributed by atoms with Crippen molar-refractivity contribution in [3.8, 4) is 0 Å². The number of imide groups is 2. The number of piperazine rings is 1. The van der Waals surface area contributed by atoms with Gasteiger partial charge in [0.05, 0.1) is 23.4 Å². The van der Waals surface area contributed by atoms with E-state index in [1.807, 2.05) is 35.5 Å². The number of nitrogens with zero attached hydrogens (tertiary/aromatic N) is 9. The van der Waals surface area contributed by atoms with E-state index in [0.717, 1.165) is 99.8 Å². The molecule has 2 aromatic carbocycles. The Labute approximate surface area is 335 Å². The summed E-state index contributed by atoms with van der Waals surface area (Å²) in [7, 11) is 0. The molecule has 0 saturated carbocycles. The summed E-state index contributed by atoms with van der Waals surface area (Å²) in [5.41, 5.74) is 3.19. The highest BCUT2D eigenvalue weighted by atomic mass is 35.5. The number of hydrogen-bond donors (Lipinski definition) is 1. The monoisotopic (exact) mass is 794 g/mol. The van der Waals surface area contributed by atoms with Crippen molar-refractivity contribution < 1.29 is 23.6 Å². The van der Waals surface area contributed by atoms with E-state index in [9.17, 15) is 19.2 Å². The molecule has 1 aromatic heterocycles. The Morgan fingerprint density at radius 2 is 1.65 bits per heavy atom. The van der Waals surface area contributed by atoms with Gasteiger partial charge in [0.25, 0.3) is 11.8 Å². The second-order valence-corrected chi connectivity index (χ2v) is 16.9. The number of rotatable bonds is 7. The molecule has 5 saturated heterocycles. The van der Waals surface area contributed by atoms with Gasteiger partial charge in [0.2, 0.25) is 23.5 Å². The van der Waals surface area contributed by atoms with Gasteiger partial charge >= 0.3 is 0 Å². The van der Waals surface area contributed by atoms with Crippen molar-refractivity contribution >= 4 is 58.2 Å². The summed E-state index contributed by atoms with van der Waals surface area (Å²) in [6, 6.07) is 8.00. The number of carbonyl (C=O) groups is 4. The minimum atomic E-state index is -1.09.